The normalized spacial score (nSPS) is 12.8. The molecule has 0 unspecified atom stereocenters. The van der Waals surface area contributed by atoms with E-state index in [1.54, 1.807) is 0 Å². The second-order valence-electron chi connectivity index (χ2n) is 4.12. The zero-order valence-electron chi connectivity index (χ0n) is 12.6. The van der Waals surface area contributed by atoms with Gasteiger partial charge in [0.1, 0.15) is 5.57 Å². The maximum atomic E-state index is 12.1. The lowest BCUT2D eigenvalue weighted by molar-refractivity contribution is -0.298. The number of terminal acetylenes is 3. The molecule has 0 spiro atoms. The smallest absolute Gasteiger partial charge is 0.343 e. The molecule has 0 aromatic carbocycles. The topological polar surface area (TPSA) is 119 Å². The van der Waals surface area contributed by atoms with Gasteiger partial charge in [-0.15, -0.1) is 19.3 Å². The Balaban J connectivity index is 3.41. The van der Waals surface area contributed by atoms with Crippen LogP contribution >= 0.6 is 0 Å². The number of hydrogen-bond donors (Lipinski definition) is 0. The van der Waals surface area contributed by atoms with Gasteiger partial charge in [0.2, 0.25) is 0 Å². The van der Waals surface area contributed by atoms with E-state index in [1.807, 2.05) is 17.8 Å². The Labute approximate surface area is 142 Å². The molecule has 126 valence electrons. The van der Waals surface area contributed by atoms with E-state index >= 15 is 0 Å². The van der Waals surface area contributed by atoms with Gasteiger partial charge < -0.3 is 19.3 Å². The van der Waals surface area contributed by atoms with Crippen LogP contribution in [0.15, 0.2) is 22.5 Å². The summed E-state index contributed by atoms with van der Waals surface area (Å²) in [5.74, 6) is -1.08. The summed E-state index contributed by atoms with van der Waals surface area (Å²) in [5, 5.41) is 12.0. The van der Waals surface area contributed by atoms with Gasteiger partial charge in [0.25, 0.3) is 0 Å². The van der Waals surface area contributed by atoms with E-state index in [-0.39, 0.29) is 0 Å². The van der Waals surface area contributed by atoms with Crippen molar-refractivity contribution in [3.8, 4) is 37.0 Å². The number of hydrogen-bond acceptors (Lipinski definition) is 8. The summed E-state index contributed by atoms with van der Waals surface area (Å²) >= 11 is 0. The number of allylic oxidation sites excluding steroid dienone is 1. The van der Waals surface area contributed by atoms with Crippen molar-refractivity contribution in [3.05, 3.63) is 22.5 Å². The Kier molecular flexibility index (Phi) is 6.58. The first-order chi connectivity index (χ1) is 11.9. The first kappa shape index (κ1) is 19.1. The van der Waals surface area contributed by atoms with Crippen LogP contribution in [-0.4, -0.2) is 43.5 Å². The van der Waals surface area contributed by atoms with E-state index in [0.717, 1.165) is 0 Å². The molecule has 0 aromatic rings. The second-order valence-corrected chi connectivity index (χ2v) is 4.12. The molecule has 0 N–H and O–H groups in total. The van der Waals surface area contributed by atoms with Gasteiger partial charge in [0.15, 0.2) is 25.6 Å². The number of Topliss-reactive ketones (excluding diaryl/α,β-unsaturated/α-hetero) is 1. The molecule has 0 amide bonds. The molecular weight excluding hydrogens is 332 g/mol. The predicted molar refractivity (Wildman–Crippen MR) is 78.4 cm³/mol. The Morgan fingerprint density at radius 3 is 1.52 bits per heavy atom. The summed E-state index contributed by atoms with van der Waals surface area (Å²) < 4.78 is 13.7. The summed E-state index contributed by atoms with van der Waals surface area (Å²) in [6.45, 7) is -1.61. The first-order valence-corrected chi connectivity index (χ1v) is 6.43. The molecule has 0 bridgehead atoms. The molecule has 0 fully saturated rings. The maximum absolute atomic E-state index is 12.1. The minimum Gasteiger partial charge on any atom is -0.869 e. The summed E-state index contributed by atoms with van der Waals surface area (Å²) in [7, 11) is 0. The molecule has 25 heavy (non-hydrogen) atoms. The van der Waals surface area contributed by atoms with Crippen LogP contribution in [0.3, 0.4) is 0 Å². The highest BCUT2D eigenvalue weighted by Gasteiger charge is 2.41. The standard InChI is InChI=1S/C17H10O8/c1-4-7-23-15(20)10-11(16(21)24-8-5-2)13(18)14(19)12(10)17(22)25-9-6-3/h1-3H,7-9H2,(H,18,19)/p-1. The molecule has 8 heteroatoms. The van der Waals surface area contributed by atoms with Crippen LogP contribution in [0.1, 0.15) is 0 Å². The predicted octanol–water partition coefficient (Wildman–Crippen LogP) is -1.99. The fourth-order valence-electron chi connectivity index (χ4n) is 1.71. The third kappa shape index (κ3) is 4.07. The molecule has 0 radical (unpaired) electrons. The monoisotopic (exact) mass is 341 g/mol. The third-order valence-corrected chi connectivity index (χ3v) is 2.63. The van der Waals surface area contributed by atoms with E-state index in [2.05, 4.69) is 14.2 Å². The Hall–Kier alpha value is -3.96. The van der Waals surface area contributed by atoms with Crippen LogP contribution < -0.4 is 5.11 Å². The molecule has 0 saturated heterocycles. The number of carbonyl (C=O) groups is 4. The van der Waals surface area contributed by atoms with E-state index in [0.29, 0.717) is 0 Å². The van der Waals surface area contributed by atoms with E-state index in [9.17, 15) is 24.3 Å². The highest BCUT2D eigenvalue weighted by atomic mass is 16.5. The molecule has 1 aliphatic carbocycles. The molecule has 0 aromatic heterocycles. The van der Waals surface area contributed by atoms with Crippen LogP contribution in [0.25, 0.3) is 0 Å². The van der Waals surface area contributed by atoms with Crippen molar-refractivity contribution in [2.45, 2.75) is 0 Å². The van der Waals surface area contributed by atoms with Gasteiger partial charge >= 0.3 is 17.9 Å². The van der Waals surface area contributed by atoms with Gasteiger partial charge in [0.05, 0.1) is 11.1 Å². The summed E-state index contributed by atoms with van der Waals surface area (Å²) in [4.78, 5) is 48.0. The second kappa shape index (κ2) is 8.61. The van der Waals surface area contributed by atoms with Crippen LogP contribution in [0.4, 0.5) is 0 Å². The summed E-state index contributed by atoms with van der Waals surface area (Å²) in [5.41, 5.74) is -2.89. The largest absolute Gasteiger partial charge is 0.869 e. The van der Waals surface area contributed by atoms with E-state index in [4.69, 9.17) is 19.3 Å². The Bertz CT molecular complexity index is 820. The van der Waals surface area contributed by atoms with Gasteiger partial charge in [-0.25, -0.2) is 14.4 Å². The Morgan fingerprint density at radius 2 is 1.12 bits per heavy atom. The highest BCUT2D eigenvalue weighted by molar-refractivity contribution is 6.34. The van der Waals surface area contributed by atoms with Crippen LogP contribution in [0, 0.1) is 37.0 Å². The van der Waals surface area contributed by atoms with Crippen LogP contribution in [0.5, 0.6) is 0 Å². The molecular formula is C17H9O8-. The minimum absolute atomic E-state index is 0.534. The number of ether oxygens (including phenoxy) is 3. The number of ketones is 1. The van der Waals surface area contributed by atoms with Crippen molar-refractivity contribution in [1.29, 1.82) is 0 Å². The lowest BCUT2D eigenvalue weighted by atomic mass is 10.1. The van der Waals surface area contributed by atoms with Gasteiger partial charge in [-0.3, -0.25) is 4.79 Å². The summed E-state index contributed by atoms with van der Waals surface area (Å²) in [6, 6.07) is 0. The van der Waals surface area contributed by atoms with Gasteiger partial charge in [-0.1, -0.05) is 17.8 Å². The van der Waals surface area contributed by atoms with Crippen LogP contribution in [0.2, 0.25) is 0 Å². The van der Waals surface area contributed by atoms with Crippen molar-refractivity contribution in [2.75, 3.05) is 19.8 Å². The van der Waals surface area contributed by atoms with E-state index in [1.165, 1.54) is 0 Å². The first-order valence-electron chi connectivity index (χ1n) is 6.43. The van der Waals surface area contributed by atoms with Crippen molar-refractivity contribution >= 4 is 23.7 Å². The van der Waals surface area contributed by atoms with Crippen molar-refractivity contribution in [2.24, 2.45) is 0 Å². The molecule has 1 aliphatic rings. The molecule has 0 saturated carbocycles. The fraction of sp³-hybridized carbons (Fsp3) is 0.176. The molecule has 8 nitrogen and oxygen atoms in total. The molecule has 0 aliphatic heterocycles. The van der Waals surface area contributed by atoms with E-state index < -0.39 is 66.0 Å². The quantitative estimate of drug-likeness (QED) is 0.236. The zero-order valence-corrected chi connectivity index (χ0v) is 12.6. The third-order valence-electron chi connectivity index (χ3n) is 2.63. The van der Waals surface area contributed by atoms with Crippen molar-refractivity contribution in [1.82, 2.24) is 0 Å². The lowest BCUT2D eigenvalue weighted by Gasteiger charge is -2.11. The maximum Gasteiger partial charge on any atom is 0.343 e. The van der Waals surface area contributed by atoms with Gasteiger partial charge in [-0.05, 0) is 5.76 Å². The lowest BCUT2D eigenvalue weighted by Crippen LogP contribution is -2.21. The molecule has 0 heterocycles. The fourth-order valence-corrected chi connectivity index (χ4v) is 1.71. The van der Waals surface area contributed by atoms with Crippen LogP contribution in [-0.2, 0) is 33.4 Å². The zero-order chi connectivity index (χ0) is 19.0. The number of rotatable bonds is 6. The highest BCUT2D eigenvalue weighted by Crippen LogP contribution is 2.30. The average molecular weight is 341 g/mol. The van der Waals surface area contributed by atoms with Crippen molar-refractivity contribution in [3.63, 3.8) is 0 Å². The van der Waals surface area contributed by atoms with Gasteiger partial charge in [-0.2, -0.15) is 0 Å². The SMILES string of the molecule is C#CCOC(=O)C1=C([O-])C(=O)C(C(=O)OCC#C)=C1C(=O)OCC#C. The summed E-state index contributed by atoms with van der Waals surface area (Å²) in [6.07, 6.45) is 14.8. The number of carbonyl (C=O) groups excluding carboxylic acids is 4. The average Bonchev–Trinajstić information content (AvgIpc) is 2.87. The molecule has 0 atom stereocenters. The van der Waals surface area contributed by atoms with Crippen molar-refractivity contribution < 1.29 is 38.5 Å². The number of esters is 3. The van der Waals surface area contributed by atoms with Gasteiger partial charge in [0, 0.05) is 0 Å². The Morgan fingerprint density at radius 1 is 0.760 bits per heavy atom. The minimum atomic E-state index is -1.44. The molecule has 1 rings (SSSR count).